The molecule has 0 saturated carbocycles. The molecule has 1 aliphatic heterocycles. The van der Waals surface area contributed by atoms with Crippen LogP contribution >= 0.6 is 0 Å². The van der Waals surface area contributed by atoms with Gasteiger partial charge in [-0.05, 0) is 12.8 Å². The van der Waals surface area contributed by atoms with Crippen molar-refractivity contribution < 1.29 is 19.8 Å². The molecule has 16 heavy (non-hydrogen) atoms. The van der Waals surface area contributed by atoms with E-state index in [-0.39, 0.29) is 6.04 Å². The lowest BCUT2D eigenvalue weighted by molar-refractivity contribution is -0.140. The molecule has 1 aliphatic rings. The third kappa shape index (κ3) is 3.35. The number of carbonyl (C=O) groups excluding carboxylic acids is 1. The Kier molecular flexibility index (Phi) is 4.51. The second-order valence-corrected chi connectivity index (χ2v) is 3.85. The second kappa shape index (κ2) is 5.66. The maximum atomic E-state index is 11.6. The second-order valence-electron chi connectivity index (χ2n) is 3.85. The van der Waals surface area contributed by atoms with Gasteiger partial charge >= 0.3 is 12.0 Å². The van der Waals surface area contributed by atoms with Gasteiger partial charge in [0.1, 0.15) is 0 Å². The number of amides is 2. The number of carboxylic acids is 1. The van der Waals surface area contributed by atoms with Gasteiger partial charge in [-0.2, -0.15) is 0 Å². The van der Waals surface area contributed by atoms with Crippen LogP contribution in [0.1, 0.15) is 12.8 Å². The maximum Gasteiger partial charge on any atom is 0.328 e. The summed E-state index contributed by atoms with van der Waals surface area (Å²) in [7, 11) is 0. The van der Waals surface area contributed by atoms with Crippen LogP contribution in [0.4, 0.5) is 4.79 Å². The molecule has 1 saturated heterocycles. The number of nitrogens with zero attached hydrogens (tertiary/aromatic N) is 1. The van der Waals surface area contributed by atoms with E-state index in [1.807, 2.05) is 0 Å². The van der Waals surface area contributed by atoms with Crippen molar-refractivity contribution in [2.24, 2.45) is 5.73 Å². The molecule has 0 radical (unpaired) electrons. The third-order valence-electron chi connectivity index (χ3n) is 2.61. The van der Waals surface area contributed by atoms with Gasteiger partial charge in [0.05, 0.1) is 6.61 Å². The van der Waals surface area contributed by atoms with Crippen LogP contribution in [0.15, 0.2) is 0 Å². The van der Waals surface area contributed by atoms with Gasteiger partial charge in [-0.3, -0.25) is 0 Å². The number of rotatable bonds is 3. The lowest BCUT2D eigenvalue weighted by atomic mass is 10.1. The summed E-state index contributed by atoms with van der Waals surface area (Å²) in [5.41, 5.74) is 5.68. The summed E-state index contributed by atoms with van der Waals surface area (Å²) in [4.78, 5) is 23.7. The summed E-state index contributed by atoms with van der Waals surface area (Å²) < 4.78 is 0. The van der Waals surface area contributed by atoms with Crippen molar-refractivity contribution in [3.63, 3.8) is 0 Å². The number of piperidine rings is 1. The zero-order chi connectivity index (χ0) is 12.1. The van der Waals surface area contributed by atoms with Crippen LogP contribution in [-0.4, -0.2) is 58.9 Å². The summed E-state index contributed by atoms with van der Waals surface area (Å²) >= 11 is 0. The van der Waals surface area contributed by atoms with Crippen molar-refractivity contribution in [3.8, 4) is 0 Å². The van der Waals surface area contributed by atoms with E-state index in [0.29, 0.717) is 25.9 Å². The minimum atomic E-state index is -1.25. The highest BCUT2D eigenvalue weighted by Gasteiger charge is 2.24. The number of hydrogen-bond acceptors (Lipinski definition) is 4. The Labute approximate surface area is 93.2 Å². The standard InChI is InChI=1S/C9H17N3O4/c10-6-1-3-12(4-2-6)9(16)11-7(5-13)8(14)15/h6-7,13H,1-5,10H2,(H,11,16)(H,14,15)/t7-/m1/s1. The van der Waals surface area contributed by atoms with Gasteiger partial charge in [-0.25, -0.2) is 9.59 Å². The highest BCUT2D eigenvalue weighted by molar-refractivity contribution is 5.82. The zero-order valence-corrected chi connectivity index (χ0v) is 8.93. The highest BCUT2D eigenvalue weighted by Crippen LogP contribution is 2.08. The van der Waals surface area contributed by atoms with Crippen LogP contribution in [0.25, 0.3) is 0 Å². The number of likely N-dealkylation sites (tertiary alicyclic amines) is 1. The van der Waals surface area contributed by atoms with E-state index in [1.165, 1.54) is 4.90 Å². The van der Waals surface area contributed by atoms with E-state index in [9.17, 15) is 9.59 Å². The van der Waals surface area contributed by atoms with Gasteiger partial charge in [-0.1, -0.05) is 0 Å². The molecule has 0 spiro atoms. The quantitative estimate of drug-likeness (QED) is 0.475. The van der Waals surface area contributed by atoms with Crippen molar-refractivity contribution in [3.05, 3.63) is 0 Å². The molecule has 1 heterocycles. The lowest BCUT2D eigenvalue weighted by Crippen LogP contribution is -2.52. The Morgan fingerprint density at radius 3 is 2.44 bits per heavy atom. The van der Waals surface area contributed by atoms with Gasteiger partial charge in [0.25, 0.3) is 0 Å². The molecule has 1 fully saturated rings. The monoisotopic (exact) mass is 231 g/mol. The van der Waals surface area contributed by atoms with Crippen LogP contribution in [0.2, 0.25) is 0 Å². The number of carbonyl (C=O) groups is 2. The van der Waals surface area contributed by atoms with E-state index in [1.54, 1.807) is 0 Å². The predicted octanol–water partition coefficient (Wildman–Crippen LogP) is -1.44. The first-order valence-corrected chi connectivity index (χ1v) is 5.19. The number of hydrogen-bond donors (Lipinski definition) is 4. The van der Waals surface area contributed by atoms with E-state index in [0.717, 1.165) is 0 Å². The first-order valence-electron chi connectivity index (χ1n) is 5.19. The number of carboxylic acid groups (broad SMARTS) is 1. The van der Waals surface area contributed by atoms with Crippen LogP contribution in [0, 0.1) is 0 Å². The largest absolute Gasteiger partial charge is 0.480 e. The zero-order valence-electron chi connectivity index (χ0n) is 8.93. The summed E-state index contributed by atoms with van der Waals surface area (Å²) in [5.74, 6) is -1.25. The van der Waals surface area contributed by atoms with Crippen molar-refractivity contribution in [2.45, 2.75) is 24.9 Å². The molecule has 0 aliphatic carbocycles. The van der Waals surface area contributed by atoms with Crippen LogP contribution in [0.3, 0.4) is 0 Å². The van der Waals surface area contributed by atoms with Crippen molar-refractivity contribution in [1.29, 1.82) is 0 Å². The summed E-state index contributed by atoms with van der Waals surface area (Å²) in [6.45, 7) is 0.421. The van der Waals surface area contributed by atoms with Gasteiger partial charge in [0.2, 0.25) is 0 Å². The fourth-order valence-corrected chi connectivity index (χ4v) is 1.53. The first-order chi connectivity index (χ1) is 7.54. The van der Waals surface area contributed by atoms with E-state index in [2.05, 4.69) is 5.32 Å². The molecule has 1 rings (SSSR count). The number of nitrogens with one attached hydrogen (secondary N) is 1. The maximum absolute atomic E-state index is 11.6. The Bertz CT molecular complexity index is 263. The molecule has 7 heteroatoms. The highest BCUT2D eigenvalue weighted by atomic mass is 16.4. The first kappa shape index (κ1) is 12.7. The average molecular weight is 231 g/mol. The van der Waals surface area contributed by atoms with Crippen molar-refractivity contribution in [1.82, 2.24) is 10.2 Å². The SMILES string of the molecule is NC1CCN(C(=O)N[C@H](CO)C(=O)O)CC1. The molecular weight excluding hydrogens is 214 g/mol. The molecule has 0 aromatic heterocycles. The normalized spacial score (nSPS) is 19.2. The fraction of sp³-hybridized carbons (Fsp3) is 0.778. The Hall–Kier alpha value is -1.34. The number of nitrogens with two attached hydrogens (primary N) is 1. The van der Waals surface area contributed by atoms with E-state index in [4.69, 9.17) is 15.9 Å². The minimum Gasteiger partial charge on any atom is -0.480 e. The number of aliphatic carboxylic acids is 1. The summed E-state index contributed by atoms with van der Waals surface area (Å²) in [6, 6.07) is -1.60. The Balaban J connectivity index is 2.42. The minimum absolute atomic E-state index is 0.108. The molecule has 2 amide bonds. The van der Waals surface area contributed by atoms with Crippen LogP contribution < -0.4 is 11.1 Å². The lowest BCUT2D eigenvalue weighted by Gasteiger charge is -2.30. The van der Waals surface area contributed by atoms with Gasteiger partial charge < -0.3 is 26.2 Å². The molecule has 92 valence electrons. The fourth-order valence-electron chi connectivity index (χ4n) is 1.53. The Morgan fingerprint density at radius 2 is 2.00 bits per heavy atom. The van der Waals surface area contributed by atoms with Crippen molar-refractivity contribution in [2.75, 3.05) is 19.7 Å². The number of aliphatic hydroxyl groups is 1. The Morgan fingerprint density at radius 1 is 1.44 bits per heavy atom. The van der Waals surface area contributed by atoms with Gasteiger partial charge in [-0.15, -0.1) is 0 Å². The smallest absolute Gasteiger partial charge is 0.328 e. The third-order valence-corrected chi connectivity index (χ3v) is 2.61. The molecule has 0 unspecified atom stereocenters. The molecule has 5 N–H and O–H groups in total. The molecule has 0 bridgehead atoms. The number of aliphatic hydroxyl groups excluding tert-OH is 1. The molecule has 0 aromatic rings. The summed E-state index contributed by atoms with van der Waals surface area (Å²) in [5, 5.41) is 19.6. The van der Waals surface area contributed by atoms with E-state index < -0.39 is 24.6 Å². The molecule has 7 nitrogen and oxygen atoms in total. The van der Waals surface area contributed by atoms with Crippen LogP contribution in [0.5, 0.6) is 0 Å². The molecule has 0 aromatic carbocycles. The van der Waals surface area contributed by atoms with Crippen molar-refractivity contribution >= 4 is 12.0 Å². The van der Waals surface area contributed by atoms with E-state index >= 15 is 0 Å². The van der Waals surface area contributed by atoms with Gasteiger partial charge in [0, 0.05) is 19.1 Å². The van der Waals surface area contributed by atoms with Crippen LogP contribution in [-0.2, 0) is 4.79 Å². The van der Waals surface area contributed by atoms with Gasteiger partial charge in [0.15, 0.2) is 6.04 Å². The predicted molar refractivity (Wildman–Crippen MR) is 55.8 cm³/mol. The molecular formula is C9H17N3O4. The average Bonchev–Trinajstić information content (AvgIpc) is 2.26. The summed E-state index contributed by atoms with van der Waals surface area (Å²) in [6.07, 6.45) is 1.43. The topological polar surface area (TPSA) is 116 Å². The number of urea groups is 1. The molecule has 1 atom stereocenters.